The molecule has 0 aliphatic heterocycles. The number of hydrazone groups is 1. The van der Waals surface area contributed by atoms with E-state index < -0.39 is 0 Å². The molecule has 0 fully saturated rings. The molecule has 1 amide bonds. The quantitative estimate of drug-likeness (QED) is 0.397. The maximum absolute atomic E-state index is 13.7. The first kappa shape index (κ1) is 20.8. The van der Waals surface area contributed by atoms with Gasteiger partial charge in [-0.15, -0.1) is 0 Å². The van der Waals surface area contributed by atoms with Crippen LogP contribution >= 0.6 is 23.2 Å². The highest BCUT2D eigenvalue weighted by molar-refractivity contribution is 6.32. The minimum atomic E-state index is -0.376. The Morgan fingerprint density at radius 1 is 1.10 bits per heavy atom. The number of carbonyl (C=O) groups excluding carboxylic acids is 1. The second kappa shape index (κ2) is 9.54. The largest absolute Gasteiger partial charge is 0.487 e. The lowest BCUT2D eigenvalue weighted by Crippen LogP contribution is -2.17. The molecule has 0 unspecified atom stereocenters. The molecule has 0 saturated heterocycles. The number of nitrogens with zero attached hydrogens (tertiary/aromatic N) is 1. The maximum Gasteiger partial charge on any atom is 0.271 e. The number of amides is 1. The van der Waals surface area contributed by atoms with Crippen molar-refractivity contribution in [2.24, 2.45) is 5.10 Å². The number of aryl methyl sites for hydroxylation is 1. The molecule has 0 atom stereocenters. The number of carbonyl (C=O) groups is 1. The van der Waals surface area contributed by atoms with Gasteiger partial charge in [-0.3, -0.25) is 4.79 Å². The van der Waals surface area contributed by atoms with E-state index in [1.54, 1.807) is 54.6 Å². The van der Waals surface area contributed by atoms with Crippen molar-refractivity contribution >= 4 is 35.3 Å². The molecule has 29 heavy (non-hydrogen) atoms. The average Bonchev–Trinajstić information content (AvgIpc) is 2.70. The van der Waals surface area contributed by atoms with Crippen LogP contribution in [0.15, 0.2) is 65.8 Å². The van der Waals surface area contributed by atoms with Gasteiger partial charge >= 0.3 is 0 Å². The van der Waals surface area contributed by atoms with Crippen LogP contribution in [-0.4, -0.2) is 12.1 Å². The topological polar surface area (TPSA) is 50.7 Å². The lowest BCUT2D eigenvalue weighted by molar-refractivity contribution is 0.0955. The van der Waals surface area contributed by atoms with Crippen molar-refractivity contribution in [2.75, 3.05) is 0 Å². The second-order valence-corrected chi connectivity index (χ2v) is 7.05. The molecular formula is C22H17Cl2FN2O2. The van der Waals surface area contributed by atoms with E-state index in [4.69, 9.17) is 27.9 Å². The summed E-state index contributed by atoms with van der Waals surface area (Å²) in [5.74, 6) is -0.289. The summed E-state index contributed by atoms with van der Waals surface area (Å²) in [5, 5.41) is 4.79. The lowest BCUT2D eigenvalue weighted by Gasteiger charge is -2.09. The molecule has 0 spiro atoms. The molecule has 0 saturated carbocycles. The highest BCUT2D eigenvalue weighted by atomic mass is 35.5. The minimum absolute atomic E-state index is 0.0645. The normalized spacial score (nSPS) is 10.9. The number of halogens is 3. The summed E-state index contributed by atoms with van der Waals surface area (Å²) in [6.07, 6.45) is 1.46. The molecule has 7 heteroatoms. The molecule has 3 aromatic carbocycles. The van der Waals surface area contributed by atoms with Crippen LogP contribution in [0.25, 0.3) is 0 Å². The van der Waals surface area contributed by atoms with Gasteiger partial charge in [-0.25, -0.2) is 9.82 Å². The van der Waals surface area contributed by atoms with Crippen molar-refractivity contribution in [1.29, 1.82) is 0 Å². The lowest BCUT2D eigenvalue weighted by atomic mass is 10.1. The highest BCUT2D eigenvalue weighted by Crippen LogP contribution is 2.26. The molecule has 0 heterocycles. The fraction of sp³-hybridized carbons (Fsp3) is 0.0909. The monoisotopic (exact) mass is 430 g/mol. The third-order valence-electron chi connectivity index (χ3n) is 4.11. The van der Waals surface area contributed by atoms with Crippen molar-refractivity contribution in [3.05, 3.63) is 98.8 Å². The molecule has 0 radical (unpaired) electrons. The maximum atomic E-state index is 13.7. The first-order valence-electron chi connectivity index (χ1n) is 8.69. The van der Waals surface area contributed by atoms with Crippen LogP contribution in [0, 0.1) is 12.7 Å². The zero-order valence-electron chi connectivity index (χ0n) is 15.5. The van der Waals surface area contributed by atoms with Crippen molar-refractivity contribution in [3.63, 3.8) is 0 Å². The van der Waals surface area contributed by atoms with E-state index in [9.17, 15) is 9.18 Å². The number of ether oxygens (including phenoxy) is 1. The van der Waals surface area contributed by atoms with E-state index in [0.717, 1.165) is 5.56 Å². The third kappa shape index (κ3) is 5.56. The van der Waals surface area contributed by atoms with Gasteiger partial charge in [0.25, 0.3) is 5.91 Å². The molecule has 1 N–H and O–H groups in total. The molecule has 0 aliphatic carbocycles. The summed E-state index contributed by atoms with van der Waals surface area (Å²) in [7, 11) is 0. The zero-order valence-corrected chi connectivity index (χ0v) is 17.0. The summed E-state index contributed by atoms with van der Waals surface area (Å²) in [6, 6.07) is 16.4. The molecule has 0 bridgehead atoms. The van der Waals surface area contributed by atoms with Crippen LogP contribution in [0.4, 0.5) is 4.39 Å². The smallest absolute Gasteiger partial charge is 0.271 e. The molecule has 0 aliphatic rings. The van der Waals surface area contributed by atoms with Crippen LogP contribution < -0.4 is 10.2 Å². The standard InChI is InChI=1S/C22H17Cl2FN2O2/c1-14-6-8-16(11-18(14)23)22(28)27-26-12-15-7-9-21(19(24)10-15)29-13-17-4-2-3-5-20(17)25/h2-12H,13H2,1H3,(H,27,28)/b26-12-. The summed E-state index contributed by atoms with van der Waals surface area (Å²) in [6.45, 7) is 1.92. The number of nitrogens with one attached hydrogen (secondary N) is 1. The molecule has 3 aromatic rings. The van der Waals surface area contributed by atoms with Crippen molar-refractivity contribution in [1.82, 2.24) is 5.43 Å². The molecule has 3 rings (SSSR count). The van der Waals surface area contributed by atoms with Crippen molar-refractivity contribution in [2.45, 2.75) is 13.5 Å². The Morgan fingerprint density at radius 2 is 1.90 bits per heavy atom. The number of hydrogen-bond acceptors (Lipinski definition) is 3. The predicted octanol–water partition coefficient (Wildman–Crippen LogP) is 5.78. The van der Waals surface area contributed by atoms with E-state index in [1.165, 1.54) is 12.3 Å². The Morgan fingerprint density at radius 3 is 2.62 bits per heavy atom. The molecule has 4 nitrogen and oxygen atoms in total. The summed E-state index contributed by atoms with van der Waals surface area (Å²) in [5.41, 5.74) is 4.84. The SMILES string of the molecule is Cc1ccc(C(=O)N/N=C\c2ccc(OCc3ccccc3F)c(Cl)c2)cc1Cl. The molecule has 148 valence electrons. The fourth-order valence-corrected chi connectivity index (χ4v) is 2.87. The number of benzene rings is 3. The Bertz CT molecular complexity index is 1070. The van der Waals surface area contributed by atoms with Gasteiger partial charge in [0.15, 0.2) is 0 Å². The van der Waals surface area contributed by atoms with Gasteiger partial charge in [0.05, 0.1) is 11.2 Å². The van der Waals surface area contributed by atoms with Gasteiger partial charge in [-0.2, -0.15) is 5.10 Å². The van der Waals surface area contributed by atoms with Crippen LogP contribution in [-0.2, 0) is 6.61 Å². The van der Waals surface area contributed by atoms with Gasteiger partial charge in [0.2, 0.25) is 0 Å². The Balaban J connectivity index is 1.60. The zero-order chi connectivity index (χ0) is 20.8. The Labute approximate surface area is 177 Å². The van der Waals surface area contributed by atoms with Gasteiger partial charge in [-0.05, 0) is 54.4 Å². The number of rotatable bonds is 6. The van der Waals surface area contributed by atoms with Gasteiger partial charge in [0, 0.05) is 16.1 Å². The first-order chi connectivity index (χ1) is 13.9. The van der Waals surface area contributed by atoms with Crippen LogP contribution in [0.1, 0.15) is 27.0 Å². The van der Waals surface area contributed by atoms with Gasteiger partial charge in [0.1, 0.15) is 18.2 Å². The summed E-state index contributed by atoms with van der Waals surface area (Å²) in [4.78, 5) is 12.1. The molecule has 0 aromatic heterocycles. The summed E-state index contributed by atoms with van der Waals surface area (Å²) >= 11 is 12.3. The summed E-state index contributed by atoms with van der Waals surface area (Å²) < 4.78 is 19.2. The third-order valence-corrected chi connectivity index (χ3v) is 4.81. The van der Waals surface area contributed by atoms with E-state index in [-0.39, 0.29) is 18.3 Å². The van der Waals surface area contributed by atoms with E-state index in [2.05, 4.69) is 10.5 Å². The van der Waals surface area contributed by atoms with Crippen LogP contribution in [0.3, 0.4) is 0 Å². The van der Waals surface area contributed by atoms with E-state index in [1.807, 2.05) is 6.92 Å². The first-order valence-corrected chi connectivity index (χ1v) is 9.45. The Kier molecular flexibility index (Phi) is 6.86. The predicted molar refractivity (Wildman–Crippen MR) is 113 cm³/mol. The average molecular weight is 431 g/mol. The van der Waals surface area contributed by atoms with E-state index >= 15 is 0 Å². The Hall–Kier alpha value is -2.89. The van der Waals surface area contributed by atoms with Crippen LogP contribution in [0.5, 0.6) is 5.75 Å². The van der Waals surface area contributed by atoms with Crippen molar-refractivity contribution in [3.8, 4) is 5.75 Å². The second-order valence-electron chi connectivity index (χ2n) is 6.23. The highest BCUT2D eigenvalue weighted by Gasteiger charge is 2.07. The fourth-order valence-electron chi connectivity index (χ4n) is 2.45. The minimum Gasteiger partial charge on any atom is -0.487 e. The molecular weight excluding hydrogens is 414 g/mol. The van der Waals surface area contributed by atoms with Crippen molar-refractivity contribution < 1.29 is 13.9 Å². The van der Waals surface area contributed by atoms with E-state index in [0.29, 0.717) is 32.5 Å². The van der Waals surface area contributed by atoms with Gasteiger partial charge < -0.3 is 4.74 Å². The number of hydrogen-bond donors (Lipinski definition) is 1. The van der Waals surface area contributed by atoms with Gasteiger partial charge in [-0.1, -0.05) is 47.5 Å². The van der Waals surface area contributed by atoms with Crippen LogP contribution in [0.2, 0.25) is 10.0 Å².